The number of aryl methyl sites for hydroxylation is 1. The van der Waals surface area contributed by atoms with Gasteiger partial charge in [-0.25, -0.2) is 4.39 Å². The minimum atomic E-state index is -0.925. The average Bonchev–Trinajstić information content (AvgIpc) is 3.40. The topological polar surface area (TPSA) is 70.4 Å². The van der Waals surface area contributed by atoms with Crippen LogP contribution in [0.1, 0.15) is 123 Å². The van der Waals surface area contributed by atoms with E-state index < -0.39 is 16.8 Å². The fourth-order valence-corrected chi connectivity index (χ4v) is 14.5. The highest BCUT2D eigenvalue weighted by Gasteiger charge is 2.52. The Morgan fingerprint density at radius 1 is 0.405 bits per heavy atom. The summed E-state index contributed by atoms with van der Waals surface area (Å²) >= 11 is 0. The Balaban J connectivity index is 0.000000162. The summed E-state index contributed by atoms with van der Waals surface area (Å²) in [5.74, 6) is 1.91. The Kier molecular flexibility index (Phi) is 21.1. The molecule has 0 amide bonds. The Bertz CT molecular complexity index is 2380. The number of rotatable bonds is 15. The fraction of sp³-hybridized carbons (Fsp3) is 0.552. The van der Waals surface area contributed by atoms with Gasteiger partial charge in [-0.15, -0.1) is 0 Å². The van der Waals surface area contributed by atoms with Crippen molar-refractivity contribution in [2.24, 2.45) is 41.4 Å². The van der Waals surface area contributed by atoms with E-state index in [9.17, 15) is 19.7 Å². The molecule has 0 heterocycles. The van der Waals surface area contributed by atoms with Gasteiger partial charge < -0.3 is 30.0 Å². The van der Waals surface area contributed by atoms with Crippen LogP contribution in [0.3, 0.4) is 0 Å². The third-order valence-corrected chi connectivity index (χ3v) is 17.9. The third-order valence-electron chi connectivity index (χ3n) is 17.9. The minimum Gasteiger partial charge on any atom is -0.389 e. The monoisotopic (exact) mass is 1010 g/mol. The smallest absolute Gasteiger partial charge is 0.123 e. The number of hydrogen-bond acceptors (Lipinski definition) is 6. The average molecular weight is 1010 g/mol. The van der Waals surface area contributed by atoms with Crippen LogP contribution in [0.4, 0.5) is 4.39 Å². The Morgan fingerprint density at radius 3 is 1.24 bits per heavy atom. The van der Waals surface area contributed by atoms with Gasteiger partial charge in [0.2, 0.25) is 0 Å². The van der Waals surface area contributed by atoms with Crippen LogP contribution >= 0.6 is 0 Å². The molecule has 4 aliphatic carbocycles. The van der Waals surface area contributed by atoms with Crippen molar-refractivity contribution in [3.05, 3.63) is 179 Å². The number of hydrogen-bond donors (Lipinski definition) is 3. The van der Waals surface area contributed by atoms with Crippen LogP contribution in [0.25, 0.3) is 0 Å². The Hall–Kier alpha value is -4.21. The van der Waals surface area contributed by atoms with Crippen LogP contribution in [0.2, 0.25) is 0 Å². The summed E-state index contributed by atoms with van der Waals surface area (Å²) in [6, 6.07) is 46.8. The SMILES string of the molecule is CN(C)CC1CCCC(Cc2ccccc2)C1(O)C1CCCCC1.CN(C)CC1CCCC(Cc2ccccc2)C1(O)c1ccc(F)cc1.Cc1cccc(C2(O)C(Cc3ccccc3)CCCC2CN(C)C)c1. The zero-order chi connectivity index (χ0) is 52.7. The number of aliphatic hydroxyl groups is 3. The van der Waals surface area contributed by atoms with Crippen molar-refractivity contribution in [2.75, 3.05) is 61.9 Å². The van der Waals surface area contributed by atoms with Crippen molar-refractivity contribution >= 4 is 0 Å². The second-order valence-electron chi connectivity index (χ2n) is 24.1. The second-order valence-corrected chi connectivity index (χ2v) is 24.1. The van der Waals surface area contributed by atoms with Gasteiger partial charge in [-0.1, -0.05) is 171 Å². The molecule has 0 aromatic heterocycles. The van der Waals surface area contributed by atoms with E-state index in [1.165, 1.54) is 92.2 Å². The molecule has 4 aliphatic rings. The zero-order valence-electron chi connectivity index (χ0n) is 46.5. The molecule has 0 spiro atoms. The highest BCUT2D eigenvalue weighted by molar-refractivity contribution is 5.32. The molecular weight excluding hydrogens is 914 g/mol. The number of halogens is 1. The molecule has 0 aliphatic heterocycles. The molecule has 7 heteroatoms. The van der Waals surface area contributed by atoms with Gasteiger partial charge in [0.1, 0.15) is 5.82 Å². The van der Waals surface area contributed by atoms with E-state index in [1.807, 2.05) is 32.3 Å². The quantitative estimate of drug-likeness (QED) is 0.0971. The first-order valence-electron chi connectivity index (χ1n) is 28.7. The first-order valence-corrected chi connectivity index (χ1v) is 28.7. The summed E-state index contributed by atoms with van der Waals surface area (Å²) in [4.78, 5) is 6.64. The summed E-state index contributed by atoms with van der Waals surface area (Å²) in [6.07, 6.45) is 19.4. The van der Waals surface area contributed by atoms with Crippen molar-refractivity contribution in [3.8, 4) is 0 Å². The maximum absolute atomic E-state index is 13.4. The van der Waals surface area contributed by atoms with Gasteiger partial charge in [-0.2, -0.15) is 0 Å². The van der Waals surface area contributed by atoms with E-state index >= 15 is 0 Å². The van der Waals surface area contributed by atoms with Crippen LogP contribution in [-0.2, 0) is 30.5 Å². The predicted octanol–water partition coefficient (Wildman–Crippen LogP) is 13.2. The van der Waals surface area contributed by atoms with Crippen molar-refractivity contribution in [3.63, 3.8) is 0 Å². The maximum Gasteiger partial charge on any atom is 0.123 e. The Morgan fingerprint density at radius 2 is 0.797 bits per heavy atom. The van der Waals surface area contributed by atoms with Gasteiger partial charge >= 0.3 is 0 Å². The molecule has 0 saturated heterocycles. The summed E-state index contributed by atoms with van der Waals surface area (Å²) < 4.78 is 13.4. The highest BCUT2D eigenvalue weighted by atomic mass is 19.1. The molecule has 4 fully saturated rings. The molecule has 4 saturated carbocycles. The molecule has 6 nitrogen and oxygen atoms in total. The van der Waals surface area contributed by atoms with Crippen LogP contribution in [0.15, 0.2) is 140 Å². The highest BCUT2D eigenvalue weighted by Crippen LogP contribution is 2.51. The molecule has 5 aromatic carbocycles. The van der Waals surface area contributed by atoms with Gasteiger partial charge in [0.15, 0.2) is 0 Å². The van der Waals surface area contributed by atoms with E-state index in [0.29, 0.717) is 17.8 Å². The van der Waals surface area contributed by atoms with Crippen molar-refractivity contribution < 1.29 is 19.7 Å². The maximum atomic E-state index is 13.4. The lowest BCUT2D eigenvalue weighted by Crippen LogP contribution is -2.57. The molecule has 3 N–H and O–H groups in total. The lowest BCUT2D eigenvalue weighted by atomic mass is 9.58. The van der Waals surface area contributed by atoms with Gasteiger partial charge in [0.05, 0.1) is 16.8 Å². The van der Waals surface area contributed by atoms with Crippen molar-refractivity contribution in [2.45, 2.75) is 133 Å². The fourth-order valence-electron chi connectivity index (χ4n) is 14.5. The third kappa shape index (κ3) is 14.6. The van der Waals surface area contributed by atoms with E-state index in [2.05, 4.69) is 147 Å². The van der Waals surface area contributed by atoms with Gasteiger partial charge in [-0.3, -0.25) is 0 Å². The molecule has 0 bridgehead atoms. The lowest BCUT2D eigenvalue weighted by molar-refractivity contribution is -0.148. The first-order chi connectivity index (χ1) is 35.6. The second kappa shape index (κ2) is 27.2. The van der Waals surface area contributed by atoms with E-state index in [1.54, 1.807) is 12.1 Å². The van der Waals surface area contributed by atoms with Crippen molar-refractivity contribution in [1.29, 1.82) is 0 Å². The molecule has 402 valence electrons. The summed E-state index contributed by atoms with van der Waals surface area (Å²) in [6.45, 7) is 4.90. The van der Waals surface area contributed by atoms with E-state index in [4.69, 9.17) is 0 Å². The van der Waals surface area contributed by atoms with Crippen LogP contribution in [-0.4, -0.2) is 97.5 Å². The van der Waals surface area contributed by atoms with E-state index in [0.717, 1.165) is 82.1 Å². The van der Waals surface area contributed by atoms with Gasteiger partial charge in [-0.05, 0) is 183 Å². The van der Waals surface area contributed by atoms with Crippen LogP contribution < -0.4 is 0 Å². The molecule has 74 heavy (non-hydrogen) atoms. The summed E-state index contributed by atoms with van der Waals surface area (Å²) in [5, 5.41) is 36.1. The molecule has 9 unspecified atom stereocenters. The number of nitrogens with zero attached hydrogens (tertiary/aromatic N) is 3. The Labute approximate surface area is 447 Å². The standard InChI is InChI=1S/C23H31NO.C22H28FNO.C22H35NO/c1-18-9-7-12-20(15-18)23(25)21(16-19-10-5-4-6-11-19)13-8-14-22(23)17-24(2)3;1-24(2)16-20-10-6-9-19(15-17-7-4-3-5-8-17)22(20,25)18-11-13-21(23)14-12-18;1-23(2)17-21-15-9-14-20(16-18-10-5-3-6-11-18)22(21,24)19-12-7-4-8-13-19/h4-7,9-12,15,21-22,25H,8,13-14,16-17H2,1-3H3;3-5,7-8,11-14,19-20,25H,6,9-10,15-16H2,1-2H3;3,5-6,10-11,19-21,24H,4,7-9,12-17H2,1-2H3. The van der Waals surface area contributed by atoms with Crippen LogP contribution in [0, 0.1) is 54.2 Å². The predicted molar refractivity (Wildman–Crippen MR) is 305 cm³/mol. The normalized spacial score (nSPS) is 28.5. The zero-order valence-corrected chi connectivity index (χ0v) is 46.5. The summed E-state index contributed by atoms with van der Waals surface area (Å²) in [7, 11) is 12.6. The van der Waals surface area contributed by atoms with Gasteiger partial charge in [0, 0.05) is 37.4 Å². The van der Waals surface area contributed by atoms with Gasteiger partial charge in [0.25, 0.3) is 0 Å². The van der Waals surface area contributed by atoms with E-state index in [-0.39, 0.29) is 29.5 Å². The molecule has 5 aromatic rings. The summed E-state index contributed by atoms with van der Waals surface area (Å²) in [5.41, 5.74) is 4.97. The lowest BCUT2D eigenvalue weighted by Gasteiger charge is -2.52. The molecule has 0 radical (unpaired) electrons. The minimum absolute atomic E-state index is 0.138. The number of benzene rings is 5. The molecule has 9 atom stereocenters. The largest absolute Gasteiger partial charge is 0.389 e. The first kappa shape index (κ1) is 57.5. The van der Waals surface area contributed by atoms with Crippen LogP contribution in [0.5, 0.6) is 0 Å². The molecular formula is C67H94FN3O3. The van der Waals surface area contributed by atoms with Crippen molar-refractivity contribution in [1.82, 2.24) is 14.7 Å². The molecule has 9 rings (SSSR count).